The lowest BCUT2D eigenvalue weighted by atomic mass is 9.55. The van der Waals surface area contributed by atoms with Gasteiger partial charge in [-0.2, -0.15) is 0 Å². The Morgan fingerprint density at radius 3 is 2.32 bits per heavy atom. The van der Waals surface area contributed by atoms with Crippen LogP contribution in [0.3, 0.4) is 0 Å². The summed E-state index contributed by atoms with van der Waals surface area (Å²) in [6, 6.07) is 0. The van der Waals surface area contributed by atoms with Gasteiger partial charge in [0.2, 0.25) is 0 Å². The lowest BCUT2D eigenvalue weighted by molar-refractivity contribution is 0.0738. The number of hydrogen-bond acceptors (Lipinski definition) is 0. The molecular formula is C25H48. The van der Waals surface area contributed by atoms with E-state index < -0.39 is 0 Å². The van der Waals surface area contributed by atoms with Crippen molar-refractivity contribution in [2.24, 2.45) is 23.2 Å². The maximum absolute atomic E-state index is 2.61. The molecule has 2 aliphatic rings. The first-order chi connectivity index (χ1) is 11.9. The largest absolute Gasteiger partial charge is 0.0859 e. The van der Waals surface area contributed by atoms with E-state index >= 15 is 0 Å². The first kappa shape index (κ1) is 24.5. The minimum atomic E-state index is 0.529. The molecule has 2 aliphatic carbocycles. The van der Waals surface area contributed by atoms with Crippen molar-refractivity contribution in [3.05, 3.63) is 23.3 Å². The molecule has 0 unspecified atom stereocenters. The first-order valence-electron chi connectivity index (χ1n) is 11.3. The smallest absolute Gasteiger partial charge is 0.0144 e. The average Bonchev–Trinajstić information content (AvgIpc) is 2.60. The number of rotatable bonds is 4. The van der Waals surface area contributed by atoms with Crippen LogP contribution in [0.1, 0.15) is 114 Å². The monoisotopic (exact) mass is 348 g/mol. The van der Waals surface area contributed by atoms with Gasteiger partial charge in [-0.3, -0.25) is 0 Å². The van der Waals surface area contributed by atoms with Gasteiger partial charge in [0.15, 0.2) is 0 Å². The fourth-order valence-corrected chi connectivity index (χ4v) is 4.62. The zero-order valence-electron chi connectivity index (χ0n) is 19.0. The SMILES string of the molecule is CC.CC/C=C(\C)CC[C@@]1(C)[C@@H]2CCC[C@@H](C)C2=CC[C@@H]1C.CCC. The van der Waals surface area contributed by atoms with Gasteiger partial charge in [-0.1, -0.05) is 91.5 Å². The minimum absolute atomic E-state index is 0.529. The predicted molar refractivity (Wildman–Crippen MR) is 117 cm³/mol. The highest BCUT2D eigenvalue weighted by Crippen LogP contribution is 2.54. The third-order valence-electron chi connectivity index (χ3n) is 6.34. The van der Waals surface area contributed by atoms with E-state index in [0.29, 0.717) is 5.41 Å². The molecule has 0 spiro atoms. The van der Waals surface area contributed by atoms with E-state index in [2.05, 4.69) is 60.6 Å². The number of fused-ring (bicyclic) bond motifs is 1. The lowest BCUT2D eigenvalue weighted by Crippen LogP contribution is -2.41. The van der Waals surface area contributed by atoms with Crippen molar-refractivity contribution >= 4 is 0 Å². The van der Waals surface area contributed by atoms with Gasteiger partial charge in [0.05, 0.1) is 0 Å². The van der Waals surface area contributed by atoms with Crippen LogP contribution >= 0.6 is 0 Å². The summed E-state index contributed by atoms with van der Waals surface area (Å²) in [5.41, 5.74) is 3.94. The molecule has 0 aromatic rings. The van der Waals surface area contributed by atoms with Crippen LogP contribution in [0.25, 0.3) is 0 Å². The Bertz CT molecular complexity index is 400. The summed E-state index contributed by atoms with van der Waals surface area (Å²) in [5, 5.41) is 0. The normalized spacial score (nSPS) is 31.6. The van der Waals surface area contributed by atoms with E-state index in [1.807, 2.05) is 19.4 Å². The maximum Gasteiger partial charge on any atom is -0.0144 e. The molecule has 0 N–H and O–H groups in total. The van der Waals surface area contributed by atoms with Gasteiger partial charge < -0.3 is 0 Å². The van der Waals surface area contributed by atoms with Crippen LogP contribution in [0.4, 0.5) is 0 Å². The van der Waals surface area contributed by atoms with E-state index in [1.165, 1.54) is 51.4 Å². The van der Waals surface area contributed by atoms with Crippen molar-refractivity contribution in [3.8, 4) is 0 Å². The van der Waals surface area contributed by atoms with Crippen molar-refractivity contribution in [2.45, 2.75) is 114 Å². The second-order valence-corrected chi connectivity index (χ2v) is 8.40. The van der Waals surface area contributed by atoms with Crippen LogP contribution in [0.2, 0.25) is 0 Å². The summed E-state index contributed by atoms with van der Waals surface area (Å²) >= 11 is 0. The minimum Gasteiger partial charge on any atom is -0.0859 e. The van der Waals surface area contributed by atoms with Gasteiger partial charge in [-0.25, -0.2) is 0 Å². The van der Waals surface area contributed by atoms with Crippen molar-refractivity contribution < 1.29 is 0 Å². The molecular weight excluding hydrogens is 300 g/mol. The van der Waals surface area contributed by atoms with Crippen molar-refractivity contribution in [1.29, 1.82) is 0 Å². The van der Waals surface area contributed by atoms with E-state index in [1.54, 1.807) is 5.57 Å². The van der Waals surface area contributed by atoms with Gasteiger partial charge in [0.1, 0.15) is 0 Å². The van der Waals surface area contributed by atoms with Crippen LogP contribution in [-0.4, -0.2) is 0 Å². The highest BCUT2D eigenvalue weighted by Gasteiger charge is 2.44. The molecule has 0 bridgehead atoms. The summed E-state index contributed by atoms with van der Waals surface area (Å²) in [5.74, 6) is 2.55. The van der Waals surface area contributed by atoms with Crippen LogP contribution in [0.5, 0.6) is 0 Å². The molecule has 2 rings (SSSR count). The molecule has 4 atom stereocenters. The van der Waals surface area contributed by atoms with E-state index in [4.69, 9.17) is 0 Å². The highest BCUT2D eigenvalue weighted by molar-refractivity contribution is 5.21. The standard InChI is InChI=1S/C20H34.C3H8.C2H6/c1-6-8-15(2)13-14-20(5)17(4)11-12-18-16(3)9-7-10-19(18)20;1-3-2;1-2/h8,12,16-17,19H,6-7,9-11,13-14H2,1-5H3;3H2,1-2H3;1-2H3/b15-8+;;/t16-,17+,19-,20-;;/m1../s1. The third kappa shape index (κ3) is 6.95. The van der Waals surface area contributed by atoms with Crippen LogP contribution < -0.4 is 0 Å². The highest BCUT2D eigenvalue weighted by atomic mass is 14.5. The van der Waals surface area contributed by atoms with Crippen LogP contribution in [-0.2, 0) is 0 Å². The summed E-state index contributed by atoms with van der Waals surface area (Å²) in [6.07, 6.45) is 15.7. The molecule has 1 saturated carbocycles. The third-order valence-corrected chi connectivity index (χ3v) is 6.34. The zero-order chi connectivity index (χ0) is 19.5. The quantitative estimate of drug-likeness (QED) is 0.445. The molecule has 0 aromatic carbocycles. The maximum atomic E-state index is 2.61. The second-order valence-electron chi connectivity index (χ2n) is 8.40. The Kier molecular flexibility index (Phi) is 12.5. The first-order valence-corrected chi connectivity index (χ1v) is 11.3. The number of hydrogen-bond donors (Lipinski definition) is 0. The van der Waals surface area contributed by atoms with Gasteiger partial charge in [0.25, 0.3) is 0 Å². The molecule has 0 nitrogen and oxygen atoms in total. The van der Waals surface area contributed by atoms with Crippen LogP contribution in [0.15, 0.2) is 23.3 Å². The Hall–Kier alpha value is -0.520. The van der Waals surface area contributed by atoms with Crippen molar-refractivity contribution in [2.75, 3.05) is 0 Å². The molecule has 1 fully saturated rings. The Morgan fingerprint density at radius 1 is 1.16 bits per heavy atom. The summed E-state index contributed by atoms with van der Waals surface area (Å²) < 4.78 is 0. The molecule has 0 saturated heterocycles. The molecule has 0 radical (unpaired) electrons. The average molecular weight is 349 g/mol. The molecule has 0 heterocycles. The Labute approximate surface area is 160 Å². The molecule has 0 heteroatoms. The molecule has 25 heavy (non-hydrogen) atoms. The summed E-state index contributed by atoms with van der Waals surface area (Å²) in [7, 11) is 0. The molecule has 0 aliphatic heterocycles. The van der Waals surface area contributed by atoms with Gasteiger partial charge in [-0.15, -0.1) is 0 Å². The van der Waals surface area contributed by atoms with E-state index in [-0.39, 0.29) is 0 Å². The van der Waals surface area contributed by atoms with Gasteiger partial charge >= 0.3 is 0 Å². The second kappa shape index (κ2) is 12.8. The van der Waals surface area contributed by atoms with Gasteiger partial charge in [0, 0.05) is 0 Å². The molecule has 148 valence electrons. The van der Waals surface area contributed by atoms with E-state index in [9.17, 15) is 0 Å². The summed E-state index contributed by atoms with van der Waals surface area (Å²) in [6.45, 7) is 20.4. The van der Waals surface area contributed by atoms with Gasteiger partial charge in [-0.05, 0) is 68.6 Å². The molecule has 0 aromatic heterocycles. The fourth-order valence-electron chi connectivity index (χ4n) is 4.62. The van der Waals surface area contributed by atoms with Crippen LogP contribution in [0, 0.1) is 23.2 Å². The number of allylic oxidation sites excluding steroid dienone is 4. The molecule has 0 amide bonds. The van der Waals surface area contributed by atoms with E-state index in [0.717, 1.165) is 17.8 Å². The van der Waals surface area contributed by atoms with Crippen molar-refractivity contribution in [1.82, 2.24) is 0 Å². The zero-order valence-corrected chi connectivity index (χ0v) is 19.0. The Balaban J connectivity index is 0.00000104. The summed E-state index contributed by atoms with van der Waals surface area (Å²) in [4.78, 5) is 0. The topological polar surface area (TPSA) is 0 Å². The fraction of sp³-hybridized carbons (Fsp3) is 0.840. The van der Waals surface area contributed by atoms with Crippen molar-refractivity contribution in [3.63, 3.8) is 0 Å². The lowest BCUT2D eigenvalue weighted by Gasteiger charge is -2.50. The predicted octanol–water partition coefficient (Wildman–Crippen LogP) is 8.97. The Morgan fingerprint density at radius 2 is 1.76 bits per heavy atom.